The fraction of sp³-hybridized carbons (Fsp3) is 0.462. The number of carbonyl (C=O) groups excluding carboxylic acids is 2. The fourth-order valence-corrected chi connectivity index (χ4v) is 5.40. The third-order valence-electron chi connectivity index (χ3n) is 7.24. The second-order valence-electron chi connectivity index (χ2n) is 9.21. The van der Waals surface area contributed by atoms with Crippen molar-refractivity contribution in [3.63, 3.8) is 0 Å². The van der Waals surface area contributed by atoms with Crippen LogP contribution in [0.1, 0.15) is 30.9 Å². The summed E-state index contributed by atoms with van der Waals surface area (Å²) >= 11 is 0. The van der Waals surface area contributed by atoms with E-state index in [0.29, 0.717) is 6.54 Å². The van der Waals surface area contributed by atoms with Gasteiger partial charge >= 0.3 is 6.03 Å². The molecule has 3 saturated heterocycles. The Bertz CT molecular complexity index is 996. The van der Waals surface area contributed by atoms with Gasteiger partial charge in [0, 0.05) is 32.4 Å². The Morgan fingerprint density at radius 1 is 0.970 bits per heavy atom. The zero-order chi connectivity index (χ0) is 22.9. The van der Waals surface area contributed by atoms with Gasteiger partial charge in [-0.2, -0.15) is 0 Å². The second-order valence-corrected chi connectivity index (χ2v) is 9.21. The number of nitrogens with one attached hydrogen (secondary N) is 1. The van der Waals surface area contributed by atoms with Gasteiger partial charge in [0.2, 0.25) is 0 Å². The number of benzene rings is 2. The molecule has 3 unspecified atom stereocenters. The van der Waals surface area contributed by atoms with Crippen molar-refractivity contribution in [3.8, 4) is 0 Å². The molecule has 3 aliphatic rings. The Hall–Kier alpha value is -2.90. The lowest BCUT2D eigenvalue weighted by Crippen LogP contribution is -2.66. The minimum atomic E-state index is -0.354. The Kier molecular flexibility index (Phi) is 6.08. The van der Waals surface area contributed by atoms with Crippen LogP contribution in [0.15, 0.2) is 54.6 Å². The van der Waals surface area contributed by atoms with Crippen LogP contribution in [0.2, 0.25) is 0 Å². The maximum Gasteiger partial charge on any atom is 0.327 e. The van der Waals surface area contributed by atoms with E-state index < -0.39 is 0 Å². The molecule has 3 fully saturated rings. The van der Waals surface area contributed by atoms with Crippen molar-refractivity contribution in [2.75, 3.05) is 31.6 Å². The van der Waals surface area contributed by atoms with Gasteiger partial charge in [0.15, 0.2) is 0 Å². The molecular formula is C26H33N5O2. The lowest BCUT2D eigenvalue weighted by atomic mass is 10.1. The summed E-state index contributed by atoms with van der Waals surface area (Å²) in [4.78, 5) is 34.4. The molecule has 0 aromatic heterocycles. The number of urea groups is 1. The molecule has 5 rings (SSSR count). The number of nitrogens with zero attached hydrogens (tertiary/aromatic N) is 4. The number of rotatable bonds is 6. The van der Waals surface area contributed by atoms with Gasteiger partial charge in [0.1, 0.15) is 18.5 Å². The summed E-state index contributed by atoms with van der Waals surface area (Å²) in [7, 11) is 1.81. The average Bonchev–Trinajstić information content (AvgIpc) is 3.26. The van der Waals surface area contributed by atoms with Crippen LogP contribution in [0.3, 0.4) is 0 Å². The Balaban J connectivity index is 1.32. The standard InChI is InChI=1S/C26H33N5O2/c1-3-19-12-14-21(15-13-19)29-17-8-18-30-22-23(27-25(29)30)28(2)26(33)31(24(22)32)16-7-11-20-9-5-4-6-10-20/h4-6,9-10,12-15,22-23,25,27H,3,7-8,11,16-18H2,1-2H3. The average molecular weight is 448 g/mol. The second kappa shape index (κ2) is 9.15. The molecule has 0 aliphatic carbocycles. The van der Waals surface area contributed by atoms with Crippen LogP contribution in [0.5, 0.6) is 0 Å². The molecule has 1 N–H and O–H groups in total. The fourth-order valence-electron chi connectivity index (χ4n) is 5.40. The monoisotopic (exact) mass is 447 g/mol. The Labute approximate surface area is 195 Å². The zero-order valence-corrected chi connectivity index (χ0v) is 19.5. The third kappa shape index (κ3) is 4.00. The first-order valence-corrected chi connectivity index (χ1v) is 12.1. The zero-order valence-electron chi connectivity index (χ0n) is 19.5. The van der Waals surface area contributed by atoms with Crippen molar-refractivity contribution >= 4 is 17.6 Å². The molecule has 2 aromatic rings. The number of hydrogen-bond acceptors (Lipinski definition) is 5. The lowest BCUT2D eigenvalue weighted by molar-refractivity contribution is -0.138. The molecule has 3 amide bonds. The van der Waals surface area contributed by atoms with E-state index in [1.807, 2.05) is 25.2 Å². The summed E-state index contributed by atoms with van der Waals surface area (Å²) in [6.07, 6.45) is 3.21. The van der Waals surface area contributed by atoms with E-state index in [9.17, 15) is 9.59 Å². The number of hydrogen-bond donors (Lipinski definition) is 1. The molecule has 3 aliphatic heterocycles. The van der Waals surface area contributed by atoms with Crippen LogP contribution in [-0.4, -0.2) is 71.8 Å². The van der Waals surface area contributed by atoms with Gasteiger partial charge in [0.05, 0.1) is 0 Å². The highest BCUT2D eigenvalue weighted by Crippen LogP contribution is 2.33. The molecule has 0 bridgehead atoms. The van der Waals surface area contributed by atoms with Crippen molar-refractivity contribution in [1.29, 1.82) is 0 Å². The van der Waals surface area contributed by atoms with Crippen molar-refractivity contribution in [2.45, 2.75) is 51.1 Å². The molecule has 0 spiro atoms. The van der Waals surface area contributed by atoms with Gasteiger partial charge in [-0.15, -0.1) is 0 Å². The first-order valence-electron chi connectivity index (χ1n) is 12.1. The molecular weight excluding hydrogens is 414 g/mol. The van der Waals surface area contributed by atoms with Gasteiger partial charge < -0.3 is 9.80 Å². The van der Waals surface area contributed by atoms with Gasteiger partial charge in [0.25, 0.3) is 5.91 Å². The maximum absolute atomic E-state index is 13.6. The minimum Gasteiger partial charge on any atom is -0.343 e. The van der Waals surface area contributed by atoms with Crippen molar-refractivity contribution < 1.29 is 9.59 Å². The van der Waals surface area contributed by atoms with Crippen LogP contribution in [0.25, 0.3) is 0 Å². The van der Waals surface area contributed by atoms with Gasteiger partial charge in [-0.3, -0.25) is 19.9 Å². The number of fused-ring (bicyclic) bond motifs is 3. The maximum atomic E-state index is 13.6. The van der Waals surface area contributed by atoms with E-state index in [-0.39, 0.29) is 30.4 Å². The van der Waals surface area contributed by atoms with Crippen LogP contribution < -0.4 is 10.2 Å². The third-order valence-corrected chi connectivity index (χ3v) is 7.24. The first kappa shape index (κ1) is 21.9. The van der Waals surface area contributed by atoms with Crippen molar-refractivity contribution in [1.82, 2.24) is 20.0 Å². The Morgan fingerprint density at radius 3 is 2.45 bits per heavy atom. The number of anilines is 1. The Morgan fingerprint density at radius 2 is 1.73 bits per heavy atom. The summed E-state index contributed by atoms with van der Waals surface area (Å²) in [5.41, 5.74) is 3.69. The molecule has 7 nitrogen and oxygen atoms in total. The minimum absolute atomic E-state index is 0.0747. The van der Waals surface area contributed by atoms with E-state index in [4.69, 9.17) is 0 Å². The molecule has 7 heteroatoms. The quantitative estimate of drug-likeness (QED) is 0.738. The highest BCUT2D eigenvalue weighted by molar-refractivity contribution is 6.00. The predicted molar refractivity (Wildman–Crippen MR) is 129 cm³/mol. The number of amides is 3. The molecule has 0 saturated carbocycles. The van der Waals surface area contributed by atoms with E-state index in [0.717, 1.165) is 44.5 Å². The van der Waals surface area contributed by atoms with Crippen molar-refractivity contribution in [2.24, 2.45) is 0 Å². The normalized spacial score (nSPS) is 25.4. The van der Waals surface area contributed by atoms with Crippen LogP contribution >= 0.6 is 0 Å². The van der Waals surface area contributed by atoms with E-state index >= 15 is 0 Å². The van der Waals surface area contributed by atoms with Gasteiger partial charge in [-0.25, -0.2) is 4.79 Å². The van der Waals surface area contributed by atoms with E-state index in [1.165, 1.54) is 16.0 Å². The number of likely N-dealkylation sites (N-methyl/N-ethyl adjacent to an activating group) is 1. The summed E-state index contributed by atoms with van der Waals surface area (Å²) in [6.45, 7) is 4.37. The highest BCUT2D eigenvalue weighted by atomic mass is 16.2. The smallest absolute Gasteiger partial charge is 0.327 e. The highest BCUT2D eigenvalue weighted by Gasteiger charge is 2.55. The molecule has 3 heterocycles. The molecule has 33 heavy (non-hydrogen) atoms. The van der Waals surface area contributed by atoms with Crippen molar-refractivity contribution in [3.05, 3.63) is 65.7 Å². The van der Waals surface area contributed by atoms with Crippen LogP contribution in [0, 0.1) is 0 Å². The number of carbonyl (C=O) groups is 2. The SMILES string of the molecule is CCc1ccc(N2CCCN3C4C(=O)N(CCCc5ccccc5)C(=O)N(C)C4NC23)cc1. The lowest BCUT2D eigenvalue weighted by Gasteiger charge is -2.44. The largest absolute Gasteiger partial charge is 0.343 e. The van der Waals surface area contributed by atoms with Crippen LogP contribution in [0.4, 0.5) is 10.5 Å². The van der Waals surface area contributed by atoms with E-state index in [2.05, 4.69) is 58.4 Å². The molecule has 0 radical (unpaired) electrons. The molecule has 174 valence electrons. The first-order chi connectivity index (χ1) is 16.1. The van der Waals surface area contributed by atoms with Crippen LogP contribution in [-0.2, 0) is 17.6 Å². The van der Waals surface area contributed by atoms with Gasteiger partial charge in [-0.05, 0) is 48.9 Å². The molecule has 2 aromatic carbocycles. The number of aryl methyl sites for hydroxylation is 2. The summed E-state index contributed by atoms with van der Waals surface area (Å²) in [5.74, 6) is -0.0747. The summed E-state index contributed by atoms with van der Waals surface area (Å²) in [5, 5.41) is 3.59. The topological polar surface area (TPSA) is 59.1 Å². The molecule has 3 atom stereocenters. The van der Waals surface area contributed by atoms with E-state index in [1.54, 1.807) is 4.90 Å². The summed E-state index contributed by atoms with van der Waals surface area (Å²) in [6, 6.07) is 18.3. The number of imide groups is 1. The summed E-state index contributed by atoms with van der Waals surface area (Å²) < 4.78 is 0. The van der Waals surface area contributed by atoms with Gasteiger partial charge in [-0.1, -0.05) is 49.4 Å². The predicted octanol–water partition coefficient (Wildman–Crippen LogP) is 2.87.